The van der Waals surface area contributed by atoms with E-state index in [-0.39, 0.29) is 11.3 Å². The Kier molecular flexibility index (Phi) is 4.23. The first kappa shape index (κ1) is 14.8. The van der Waals surface area contributed by atoms with E-state index in [1.165, 1.54) is 17.3 Å². The Balaban J connectivity index is 1.94. The molecule has 0 radical (unpaired) electrons. The third-order valence-electron chi connectivity index (χ3n) is 4.17. The number of rotatable bonds is 4. The molecule has 0 saturated heterocycles. The normalized spacial score (nSPS) is 13.8. The van der Waals surface area contributed by atoms with Crippen molar-refractivity contribution < 1.29 is 9.18 Å². The molecule has 0 amide bonds. The Morgan fingerprint density at radius 3 is 2.82 bits per heavy atom. The monoisotopic (exact) mass is 297 g/mol. The van der Waals surface area contributed by atoms with Crippen molar-refractivity contribution in [3.05, 3.63) is 65.0 Å². The molecule has 0 aliphatic carbocycles. The second-order valence-electron chi connectivity index (χ2n) is 5.74. The van der Waals surface area contributed by atoms with Gasteiger partial charge in [0.1, 0.15) is 5.82 Å². The molecule has 1 aliphatic rings. The molecule has 0 fully saturated rings. The van der Waals surface area contributed by atoms with Crippen LogP contribution in [0.25, 0.3) is 0 Å². The van der Waals surface area contributed by atoms with Gasteiger partial charge in [-0.25, -0.2) is 4.39 Å². The summed E-state index contributed by atoms with van der Waals surface area (Å²) in [6, 6.07) is 11.9. The topological polar surface area (TPSA) is 20.3 Å². The maximum Gasteiger partial charge on any atom is 0.195 e. The molecule has 2 aromatic rings. The predicted molar refractivity (Wildman–Crippen MR) is 87.1 cm³/mol. The summed E-state index contributed by atoms with van der Waals surface area (Å²) in [7, 11) is 0. The lowest BCUT2D eigenvalue weighted by Crippen LogP contribution is -2.30. The first-order valence-corrected chi connectivity index (χ1v) is 7.88. The minimum atomic E-state index is -0.460. The highest BCUT2D eigenvalue weighted by molar-refractivity contribution is 6.09. The van der Waals surface area contributed by atoms with Gasteiger partial charge in [-0.3, -0.25) is 4.79 Å². The highest BCUT2D eigenvalue weighted by Crippen LogP contribution is 2.29. The van der Waals surface area contributed by atoms with Crippen LogP contribution in [0.2, 0.25) is 0 Å². The van der Waals surface area contributed by atoms with Crippen molar-refractivity contribution in [2.24, 2.45) is 0 Å². The van der Waals surface area contributed by atoms with Crippen LogP contribution in [0.3, 0.4) is 0 Å². The van der Waals surface area contributed by atoms with Gasteiger partial charge in [-0.1, -0.05) is 19.1 Å². The zero-order valence-corrected chi connectivity index (χ0v) is 12.8. The minimum Gasteiger partial charge on any atom is -0.371 e. The van der Waals surface area contributed by atoms with Crippen molar-refractivity contribution in [1.82, 2.24) is 0 Å². The van der Waals surface area contributed by atoms with Crippen LogP contribution in [0, 0.1) is 5.82 Å². The fraction of sp³-hybridized carbons (Fsp3) is 0.316. The summed E-state index contributed by atoms with van der Waals surface area (Å²) in [4.78, 5) is 14.9. The van der Waals surface area contributed by atoms with Gasteiger partial charge in [-0.15, -0.1) is 0 Å². The summed E-state index contributed by atoms with van der Waals surface area (Å²) in [5.74, 6) is -0.702. The van der Waals surface area contributed by atoms with E-state index in [4.69, 9.17) is 0 Å². The fourth-order valence-corrected chi connectivity index (χ4v) is 3.12. The quantitative estimate of drug-likeness (QED) is 0.788. The molecule has 3 heteroatoms. The van der Waals surface area contributed by atoms with Crippen LogP contribution < -0.4 is 4.90 Å². The molecule has 1 heterocycles. The molecule has 0 N–H and O–H groups in total. The van der Waals surface area contributed by atoms with E-state index >= 15 is 0 Å². The van der Waals surface area contributed by atoms with E-state index in [1.54, 1.807) is 18.2 Å². The number of nitrogens with zero attached hydrogens (tertiary/aromatic N) is 1. The van der Waals surface area contributed by atoms with Crippen LogP contribution in [0.4, 0.5) is 10.1 Å². The van der Waals surface area contributed by atoms with Gasteiger partial charge >= 0.3 is 0 Å². The van der Waals surface area contributed by atoms with E-state index in [2.05, 4.69) is 11.8 Å². The predicted octanol–water partition coefficient (Wildman–Crippen LogP) is 4.22. The molecule has 0 unspecified atom stereocenters. The van der Waals surface area contributed by atoms with E-state index in [9.17, 15) is 9.18 Å². The summed E-state index contributed by atoms with van der Waals surface area (Å²) in [5, 5.41) is 0. The Morgan fingerprint density at radius 2 is 2.05 bits per heavy atom. The second-order valence-corrected chi connectivity index (χ2v) is 5.74. The lowest BCUT2D eigenvalue weighted by Gasteiger charge is -2.31. The fourth-order valence-electron chi connectivity index (χ4n) is 3.12. The van der Waals surface area contributed by atoms with E-state index < -0.39 is 5.82 Å². The standard InChI is InChI=1S/C19H20FNO/c1-2-11-21-12-5-6-14-13-15(9-10-18(14)21)19(22)16-7-3-4-8-17(16)20/h3-4,7-10,13H,2,5-6,11-12H2,1H3. The lowest BCUT2D eigenvalue weighted by molar-refractivity contribution is 0.103. The SMILES string of the molecule is CCCN1CCCc2cc(C(=O)c3ccccc3F)ccc21. The summed E-state index contributed by atoms with van der Waals surface area (Å²) in [5.41, 5.74) is 3.13. The third kappa shape index (κ3) is 2.76. The molecule has 2 nitrogen and oxygen atoms in total. The van der Waals surface area contributed by atoms with Crippen LogP contribution in [0.1, 0.15) is 41.3 Å². The Bertz CT molecular complexity index is 696. The van der Waals surface area contributed by atoms with Gasteiger partial charge in [0.2, 0.25) is 0 Å². The van der Waals surface area contributed by atoms with Crippen LogP contribution in [0.15, 0.2) is 42.5 Å². The molecule has 3 rings (SSSR count). The minimum absolute atomic E-state index is 0.142. The number of aryl methyl sites for hydroxylation is 1. The molecule has 0 spiro atoms. The molecule has 0 saturated carbocycles. The van der Waals surface area contributed by atoms with Crippen LogP contribution >= 0.6 is 0 Å². The second kappa shape index (κ2) is 6.30. The van der Waals surface area contributed by atoms with Crippen molar-refractivity contribution in [1.29, 1.82) is 0 Å². The zero-order valence-electron chi connectivity index (χ0n) is 12.8. The average molecular weight is 297 g/mol. The first-order chi connectivity index (χ1) is 10.7. The number of ketones is 1. The first-order valence-electron chi connectivity index (χ1n) is 7.88. The van der Waals surface area contributed by atoms with E-state index in [0.29, 0.717) is 5.56 Å². The smallest absolute Gasteiger partial charge is 0.195 e. The van der Waals surface area contributed by atoms with Crippen molar-refractivity contribution in [2.75, 3.05) is 18.0 Å². The van der Waals surface area contributed by atoms with Gasteiger partial charge in [0.15, 0.2) is 5.78 Å². The molecule has 0 bridgehead atoms. The van der Waals surface area contributed by atoms with Crippen molar-refractivity contribution in [3.63, 3.8) is 0 Å². The number of carbonyl (C=O) groups excluding carboxylic acids is 1. The van der Waals surface area contributed by atoms with Crippen molar-refractivity contribution in [2.45, 2.75) is 26.2 Å². The summed E-state index contributed by atoms with van der Waals surface area (Å²) in [6.45, 7) is 4.28. The van der Waals surface area contributed by atoms with E-state index in [1.807, 2.05) is 18.2 Å². The molecule has 2 aromatic carbocycles. The number of fused-ring (bicyclic) bond motifs is 1. The molecule has 1 aliphatic heterocycles. The summed E-state index contributed by atoms with van der Waals surface area (Å²) >= 11 is 0. The number of benzene rings is 2. The Labute approximate surface area is 130 Å². The molecular formula is C19H20FNO. The van der Waals surface area contributed by atoms with Gasteiger partial charge in [0, 0.05) is 24.3 Å². The van der Waals surface area contributed by atoms with Gasteiger partial charge in [0.05, 0.1) is 5.56 Å². The van der Waals surface area contributed by atoms with Crippen LogP contribution in [-0.4, -0.2) is 18.9 Å². The van der Waals surface area contributed by atoms with Crippen molar-refractivity contribution >= 4 is 11.5 Å². The number of halogens is 1. The number of anilines is 1. The van der Waals surface area contributed by atoms with Gasteiger partial charge < -0.3 is 4.90 Å². The molecule has 22 heavy (non-hydrogen) atoms. The van der Waals surface area contributed by atoms with Gasteiger partial charge in [-0.05, 0) is 55.2 Å². The third-order valence-corrected chi connectivity index (χ3v) is 4.17. The molecule has 0 atom stereocenters. The van der Waals surface area contributed by atoms with Gasteiger partial charge in [0.25, 0.3) is 0 Å². The maximum atomic E-state index is 13.8. The largest absolute Gasteiger partial charge is 0.371 e. The Hall–Kier alpha value is -2.16. The molecule has 114 valence electrons. The maximum absolute atomic E-state index is 13.8. The lowest BCUT2D eigenvalue weighted by atomic mass is 9.95. The number of carbonyl (C=O) groups is 1. The van der Waals surface area contributed by atoms with Gasteiger partial charge in [-0.2, -0.15) is 0 Å². The summed E-state index contributed by atoms with van der Waals surface area (Å²) in [6.07, 6.45) is 3.19. The van der Waals surface area contributed by atoms with E-state index in [0.717, 1.165) is 32.4 Å². The molecule has 0 aromatic heterocycles. The highest BCUT2D eigenvalue weighted by atomic mass is 19.1. The Morgan fingerprint density at radius 1 is 1.23 bits per heavy atom. The highest BCUT2D eigenvalue weighted by Gasteiger charge is 2.19. The molecular weight excluding hydrogens is 277 g/mol. The average Bonchev–Trinajstić information content (AvgIpc) is 2.55. The van der Waals surface area contributed by atoms with Crippen LogP contribution in [-0.2, 0) is 6.42 Å². The number of hydrogen-bond acceptors (Lipinski definition) is 2. The zero-order chi connectivity index (χ0) is 15.5. The summed E-state index contributed by atoms with van der Waals surface area (Å²) < 4.78 is 13.8. The number of hydrogen-bond donors (Lipinski definition) is 0. The van der Waals surface area contributed by atoms with Crippen molar-refractivity contribution in [3.8, 4) is 0 Å². The van der Waals surface area contributed by atoms with Crippen LogP contribution in [0.5, 0.6) is 0 Å².